The Morgan fingerprint density at radius 3 is 2.50 bits per heavy atom. The Balaban J connectivity index is 3.21. The van der Waals surface area contributed by atoms with Gasteiger partial charge in [-0.1, -0.05) is 0 Å². The summed E-state index contributed by atoms with van der Waals surface area (Å²) in [5.74, 6) is 0. The van der Waals surface area contributed by atoms with Gasteiger partial charge in [-0.3, -0.25) is 4.68 Å². The van der Waals surface area contributed by atoms with Gasteiger partial charge < -0.3 is 0 Å². The molecule has 3 nitrogen and oxygen atoms in total. The van der Waals surface area contributed by atoms with Gasteiger partial charge in [0.15, 0.2) is 0 Å². The van der Waals surface area contributed by atoms with E-state index in [2.05, 4.69) is 11.2 Å². The van der Waals surface area contributed by atoms with Crippen LogP contribution in [0, 0.1) is 18.3 Å². The first-order valence-corrected chi connectivity index (χ1v) is 3.89. The van der Waals surface area contributed by atoms with Crippen LogP contribution in [0.25, 0.3) is 0 Å². The van der Waals surface area contributed by atoms with Crippen molar-refractivity contribution >= 4 is 0 Å². The van der Waals surface area contributed by atoms with Gasteiger partial charge in [-0.15, -0.1) is 0 Å². The topological polar surface area (TPSA) is 41.6 Å². The maximum Gasteiger partial charge on any atom is 0.0958 e. The number of nitrogens with zero attached hydrogens (tertiary/aromatic N) is 3. The second kappa shape index (κ2) is 2.63. The highest BCUT2D eigenvalue weighted by molar-refractivity contribution is 5.29. The zero-order chi connectivity index (χ0) is 9.35. The summed E-state index contributed by atoms with van der Waals surface area (Å²) in [6.45, 7) is 5.73. The lowest BCUT2D eigenvalue weighted by Crippen LogP contribution is -2.16. The van der Waals surface area contributed by atoms with Gasteiger partial charge in [0.05, 0.1) is 17.2 Å². The molecule has 0 saturated carbocycles. The number of aryl methyl sites for hydroxylation is 2. The lowest BCUT2D eigenvalue weighted by molar-refractivity contribution is 0.625. The van der Waals surface area contributed by atoms with Crippen molar-refractivity contribution in [3.05, 3.63) is 17.5 Å². The summed E-state index contributed by atoms with van der Waals surface area (Å²) < 4.78 is 1.74. The Morgan fingerprint density at radius 2 is 2.17 bits per heavy atom. The molecular weight excluding hydrogens is 150 g/mol. The highest BCUT2D eigenvalue weighted by atomic mass is 15.3. The van der Waals surface area contributed by atoms with E-state index in [1.807, 2.05) is 34.0 Å². The summed E-state index contributed by atoms with van der Waals surface area (Å²) >= 11 is 0. The molecule has 0 radical (unpaired) electrons. The summed E-state index contributed by atoms with van der Waals surface area (Å²) in [6, 6.07) is 2.24. The third kappa shape index (κ3) is 1.33. The standard InChI is InChI=1S/C9H13N3/c1-7-5-12(4)11-8(7)9(2,3)6-10/h5H,1-4H3. The van der Waals surface area contributed by atoms with Crippen LogP contribution in [0.15, 0.2) is 6.20 Å². The molecule has 0 aliphatic carbocycles. The SMILES string of the molecule is Cc1cn(C)nc1C(C)(C)C#N. The van der Waals surface area contributed by atoms with E-state index < -0.39 is 5.41 Å². The van der Waals surface area contributed by atoms with E-state index in [4.69, 9.17) is 5.26 Å². The first-order valence-electron chi connectivity index (χ1n) is 3.89. The fourth-order valence-corrected chi connectivity index (χ4v) is 1.28. The van der Waals surface area contributed by atoms with Crippen molar-refractivity contribution in [1.29, 1.82) is 5.26 Å². The molecule has 0 bridgehead atoms. The Morgan fingerprint density at radius 1 is 1.58 bits per heavy atom. The predicted molar refractivity (Wildman–Crippen MR) is 46.6 cm³/mol. The second-order valence-corrected chi connectivity index (χ2v) is 3.57. The summed E-state index contributed by atoms with van der Waals surface area (Å²) in [7, 11) is 1.87. The summed E-state index contributed by atoms with van der Waals surface area (Å²) in [4.78, 5) is 0. The van der Waals surface area contributed by atoms with Gasteiger partial charge in [-0.2, -0.15) is 10.4 Å². The van der Waals surface area contributed by atoms with E-state index in [0.29, 0.717) is 0 Å². The van der Waals surface area contributed by atoms with E-state index in [1.165, 1.54) is 0 Å². The largest absolute Gasteiger partial charge is 0.275 e. The van der Waals surface area contributed by atoms with Crippen molar-refractivity contribution in [2.45, 2.75) is 26.2 Å². The van der Waals surface area contributed by atoms with Crippen LogP contribution in [0.1, 0.15) is 25.1 Å². The molecule has 0 unspecified atom stereocenters. The number of nitriles is 1. The lowest BCUT2D eigenvalue weighted by atomic mass is 9.89. The molecule has 0 amide bonds. The highest BCUT2D eigenvalue weighted by Crippen LogP contribution is 2.22. The van der Waals surface area contributed by atoms with Crippen LogP contribution in [0.2, 0.25) is 0 Å². The molecule has 1 rings (SSSR count). The monoisotopic (exact) mass is 163 g/mol. The molecule has 0 fully saturated rings. The predicted octanol–water partition coefficient (Wildman–Crippen LogP) is 1.53. The van der Waals surface area contributed by atoms with Crippen molar-refractivity contribution in [3.63, 3.8) is 0 Å². The zero-order valence-corrected chi connectivity index (χ0v) is 7.92. The maximum absolute atomic E-state index is 8.88. The minimum Gasteiger partial charge on any atom is -0.275 e. The van der Waals surface area contributed by atoms with Gasteiger partial charge in [-0.05, 0) is 26.3 Å². The normalized spacial score (nSPS) is 11.2. The van der Waals surface area contributed by atoms with Crippen LogP contribution < -0.4 is 0 Å². The third-order valence-corrected chi connectivity index (χ3v) is 1.88. The first kappa shape index (κ1) is 8.79. The number of rotatable bonds is 1. The molecule has 1 heterocycles. The third-order valence-electron chi connectivity index (χ3n) is 1.88. The molecule has 0 aliphatic heterocycles. The summed E-state index contributed by atoms with van der Waals surface area (Å²) in [5.41, 5.74) is 1.46. The number of hydrogen-bond acceptors (Lipinski definition) is 2. The first-order chi connectivity index (χ1) is 5.47. The van der Waals surface area contributed by atoms with Crippen molar-refractivity contribution in [1.82, 2.24) is 9.78 Å². The summed E-state index contributed by atoms with van der Waals surface area (Å²) in [6.07, 6.45) is 1.93. The molecular formula is C9H13N3. The van der Waals surface area contributed by atoms with E-state index >= 15 is 0 Å². The van der Waals surface area contributed by atoms with Crippen LogP contribution in [0.4, 0.5) is 0 Å². The van der Waals surface area contributed by atoms with E-state index in [0.717, 1.165) is 11.3 Å². The molecule has 0 N–H and O–H groups in total. The molecule has 3 heteroatoms. The van der Waals surface area contributed by atoms with E-state index in [1.54, 1.807) is 4.68 Å². The van der Waals surface area contributed by atoms with Crippen molar-refractivity contribution in [3.8, 4) is 6.07 Å². The molecule has 0 aromatic carbocycles. The Hall–Kier alpha value is -1.30. The quantitative estimate of drug-likeness (QED) is 0.630. The van der Waals surface area contributed by atoms with Gasteiger partial charge in [0.25, 0.3) is 0 Å². The molecule has 1 aromatic rings. The minimum atomic E-state index is -0.481. The molecule has 64 valence electrons. The van der Waals surface area contributed by atoms with Crippen LogP contribution in [-0.4, -0.2) is 9.78 Å². The molecule has 12 heavy (non-hydrogen) atoms. The van der Waals surface area contributed by atoms with E-state index in [-0.39, 0.29) is 0 Å². The fourth-order valence-electron chi connectivity index (χ4n) is 1.28. The van der Waals surface area contributed by atoms with Gasteiger partial charge >= 0.3 is 0 Å². The summed E-state index contributed by atoms with van der Waals surface area (Å²) in [5, 5.41) is 13.1. The van der Waals surface area contributed by atoms with Gasteiger partial charge in [-0.25, -0.2) is 0 Å². The van der Waals surface area contributed by atoms with Gasteiger partial charge in [0, 0.05) is 13.2 Å². The number of hydrogen-bond donors (Lipinski definition) is 0. The second-order valence-electron chi connectivity index (χ2n) is 3.57. The van der Waals surface area contributed by atoms with Crippen LogP contribution >= 0.6 is 0 Å². The van der Waals surface area contributed by atoms with Gasteiger partial charge in [0.1, 0.15) is 0 Å². The highest BCUT2D eigenvalue weighted by Gasteiger charge is 2.24. The van der Waals surface area contributed by atoms with E-state index in [9.17, 15) is 0 Å². The smallest absolute Gasteiger partial charge is 0.0958 e. The Labute approximate surface area is 72.6 Å². The van der Waals surface area contributed by atoms with Crippen LogP contribution in [0.3, 0.4) is 0 Å². The van der Waals surface area contributed by atoms with Crippen molar-refractivity contribution < 1.29 is 0 Å². The van der Waals surface area contributed by atoms with Crippen molar-refractivity contribution in [2.24, 2.45) is 7.05 Å². The molecule has 0 atom stereocenters. The number of aromatic nitrogens is 2. The Kier molecular flexibility index (Phi) is 1.93. The van der Waals surface area contributed by atoms with Gasteiger partial charge in [0.2, 0.25) is 0 Å². The zero-order valence-electron chi connectivity index (χ0n) is 7.92. The molecule has 0 aliphatic rings. The minimum absolute atomic E-state index is 0.481. The fraction of sp³-hybridized carbons (Fsp3) is 0.556. The molecule has 1 aromatic heterocycles. The van der Waals surface area contributed by atoms with Crippen molar-refractivity contribution in [2.75, 3.05) is 0 Å². The molecule has 0 saturated heterocycles. The average molecular weight is 163 g/mol. The average Bonchev–Trinajstić information content (AvgIpc) is 2.31. The molecule has 0 spiro atoms. The van der Waals surface area contributed by atoms with Crippen LogP contribution in [0.5, 0.6) is 0 Å². The lowest BCUT2D eigenvalue weighted by Gasteiger charge is -2.12. The Bertz CT molecular complexity index is 328. The maximum atomic E-state index is 8.88. The van der Waals surface area contributed by atoms with Crippen LogP contribution in [-0.2, 0) is 12.5 Å².